The van der Waals surface area contributed by atoms with Crippen LogP contribution in [-0.2, 0) is 6.42 Å². The highest BCUT2D eigenvalue weighted by molar-refractivity contribution is 7.09. The molecule has 0 aliphatic rings. The largest absolute Gasteiger partial charge is 0.573 e. The molecule has 1 aromatic heterocycles. The molecule has 10 heteroatoms. The van der Waals surface area contributed by atoms with E-state index < -0.39 is 12.5 Å². The summed E-state index contributed by atoms with van der Waals surface area (Å²) in [5.41, 5.74) is 1.23. The van der Waals surface area contributed by atoms with E-state index in [0.717, 1.165) is 29.0 Å². The number of hydrogen-bond acceptors (Lipinski definition) is 6. The molecule has 154 valence electrons. The van der Waals surface area contributed by atoms with Crippen molar-refractivity contribution < 1.29 is 32.9 Å². The third-order valence-corrected chi connectivity index (χ3v) is 4.77. The van der Waals surface area contributed by atoms with Gasteiger partial charge in [-0.1, -0.05) is 35.6 Å². The molecular weight excluding hydrogens is 411 g/mol. The third kappa shape index (κ3) is 6.00. The molecule has 0 aliphatic heterocycles. The number of aliphatic hydroxyl groups is 1. The van der Waals surface area contributed by atoms with Crippen molar-refractivity contribution in [3.63, 3.8) is 0 Å². The summed E-state index contributed by atoms with van der Waals surface area (Å²) in [5.74, 6) is -0.0326. The number of aliphatic hydroxyl groups excluding tert-OH is 1. The molecular formula is C19H16F3NO5S. The van der Waals surface area contributed by atoms with Crippen LogP contribution in [0.15, 0.2) is 53.3 Å². The van der Waals surface area contributed by atoms with E-state index in [9.17, 15) is 28.2 Å². The summed E-state index contributed by atoms with van der Waals surface area (Å²) >= 11 is 0.932. The number of aromatic nitrogens is 1. The smallest absolute Gasteiger partial charge is 0.494 e. The Kier molecular flexibility index (Phi) is 6.14. The van der Waals surface area contributed by atoms with Crippen molar-refractivity contribution in [1.82, 2.24) is 4.98 Å². The lowest BCUT2D eigenvalue weighted by molar-refractivity contribution is -0.274. The number of nitrogens with one attached hydrogen (secondary N) is 1. The van der Waals surface area contributed by atoms with E-state index in [1.54, 1.807) is 24.3 Å². The molecule has 3 aromatic rings. The van der Waals surface area contributed by atoms with Crippen LogP contribution in [-0.4, -0.2) is 28.2 Å². The molecule has 0 aliphatic carbocycles. The Morgan fingerprint density at radius 3 is 2.21 bits per heavy atom. The Morgan fingerprint density at radius 2 is 1.66 bits per heavy atom. The molecule has 0 amide bonds. The number of aromatic hydroxyl groups is 1. The first-order valence-corrected chi connectivity index (χ1v) is 9.18. The number of thiazole rings is 1. The van der Waals surface area contributed by atoms with Crippen molar-refractivity contribution in [3.05, 3.63) is 74.2 Å². The lowest BCUT2D eigenvalue weighted by atomic mass is 10.1. The molecule has 6 nitrogen and oxygen atoms in total. The van der Waals surface area contributed by atoms with Gasteiger partial charge in [0.25, 0.3) is 0 Å². The van der Waals surface area contributed by atoms with Gasteiger partial charge in [0.05, 0.1) is 4.88 Å². The minimum absolute atomic E-state index is 0.0982. The van der Waals surface area contributed by atoms with Crippen LogP contribution >= 0.6 is 11.3 Å². The van der Waals surface area contributed by atoms with Crippen LogP contribution in [0.25, 0.3) is 0 Å². The molecule has 0 bridgehead atoms. The van der Waals surface area contributed by atoms with E-state index >= 15 is 0 Å². The monoisotopic (exact) mass is 427 g/mol. The number of hydrogen-bond donors (Lipinski definition) is 3. The van der Waals surface area contributed by atoms with E-state index in [1.165, 1.54) is 12.1 Å². The fraction of sp³-hybridized carbons (Fsp3) is 0.211. The topological polar surface area (TPSA) is 91.8 Å². The molecule has 3 N–H and O–H groups in total. The first-order valence-electron chi connectivity index (χ1n) is 8.36. The maximum Gasteiger partial charge on any atom is 0.573 e. The second-order valence-electron chi connectivity index (χ2n) is 6.05. The van der Waals surface area contributed by atoms with Gasteiger partial charge in [0.1, 0.15) is 24.2 Å². The number of halogens is 3. The van der Waals surface area contributed by atoms with Crippen molar-refractivity contribution in [2.75, 3.05) is 6.61 Å². The highest BCUT2D eigenvalue weighted by Crippen LogP contribution is 2.25. The molecule has 0 fully saturated rings. The summed E-state index contributed by atoms with van der Waals surface area (Å²) in [6.45, 7) is -0.0982. The second-order valence-corrected chi connectivity index (χ2v) is 7.12. The SMILES string of the molecule is O=c1[nH]c(O)c(Cc2ccc(OC[C@@H](O)c3ccc(OC(F)(F)F)cc3)cc2)s1. The molecule has 29 heavy (non-hydrogen) atoms. The number of ether oxygens (including phenoxy) is 2. The van der Waals surface area contributed by atoms with Crippen molar-refractivity contribution in [1.29, 1.82) is 0 Å². The molecule has 0 radical (unpaired) electrons. The van der Waals surface area contributed by atoms with Gasteiger partial charge in [0.15, 0.2) is 0 Å². The number of rotatable bonds is 7. The summed E-state index contributed by atoms with van der Waals surface area (Å²) in [6.07, 6.45) is -5.43. The zero-order valence-corrected chi connectivity index (χ0v) is 15.6. The van der Waals surface area contributed by atoms with E-state index in [1.807, 2.05) is 0 Å². The van der Waals surface area contributed by atoms with E-state index in [-0.39, 0.29) is 23.1 Å². The minimum atomic E-state index is -4.77. The standard InChI is InChI=1S/C19H16F3NO5S/c20-19(21,22)28-14-7-3-12(4-8-14)15(24)10-27-13-5-1-11(2-6-13)9-16-17(25)23-18(26)29-16/h1-8,15,24-25H,9-10H2,(H,23,26)/t15-/m1/s1. The van der Waals surface area contributed by atoms with Gasteiger partial charge in [-0.15, -0.1) is 13.2 Å². The van der Waals surface area contributed by atoms with Crippen LogP contribution in [0, 0.1) is 0 Å². The maximum atomic E-state index is 12.2. The number of benzene rings is 2. The van der Waals surface area contributed by atoms with Gasteiger partial charge >= 0.3 is 11.2 Å². The zero-order chi connectivity index (χ0) is 21.0. The summed E-state index contributed by atoms with van der Waals surface area (Å²) < 4.78 is 45.8. The summed E-state index contributed by atoms with van der Waals surface area (Å²) in [7, 11) is 0. The van der Waals surface area contributed by atoms with E-state index in [2.05, 4.69) is 9.72 Å². The minimum Gasteiger partial charge on any atom is -0.494 e. The summed E-state index contributed by atoms with van der Waals surface area (Å²) in [6, 6.07) is 11.8. The first kappa shape index (κ1) is 20.7. The van der Waals surface area contributed by atoms with Crippen molar-refractivity contribution in [2.24, 2.45) is 0 Å². The summed E-state index contributed by atoms with van der Waals surface area (Å²) in [5, 5.41) is 19.8. The first-order chi connectivity index (χ1) is 13.7. The van der Waals surface area contributed by atoms with E-state index in [0.29, 0.717) is 22.6 Å². The van der Waals surface area contributed by atoms with Crippen LogP contribution < -0.4 is 14.3 Å². The van der Waals surface area contributed by atoms with Crippen molar-refractivity contribution >= 4 is 11.3 Å². The second kappa shape index (κ2) is 8.58. The third-order valence-electron chi connectivity index (χ3n) is 3.89. The molecule has 0 saturated carbocycles. The average molecular weight is 427 g/mol. The van der Waals surface area contributed by atoms with Crippen LogP contribution in [0.4, 0.5) is 13.2 Å². The van der Waals surface area contributed by atoms with Crippen molar-refractivity contribution in [2.45, 2.75) is 18.9 Å². The number of alkyl halides is 3. The lowest BCUT2D eigenvalue weighted by Crippen LogP contribution is -2.17. The lowest BCUT2D eigenvalue weighted by Gasteiger charge is -2.14. The molecule has 2 aromatic carbocycles. The van der Waals surface area contributed by atoms with Gasteiger partial charge in [-0.3, -0.25) is 9.78 Å². The molecule has 0 spiro atoms. The Hall–Kier alpha value is -2.98. The molecule has 0 unspecified atom stereocenters. The van der Waals surface area contributed by atoms with Crippen LogP contribution in [0.2, 0.25) is 0 Å². The molecule has 3 rings (SSSR count). The van der Waals surface area contributed by atoms with Gasteiger partial charge in [-0.05, 0) is 35.4 Å². The Morgan fingerprint density at radius 1 is 1.03 bits per heavy atom. The maximum absolute atomic E-state index is 12.2. The van der Waals surface area contributed by atoms with Gasteiger partial charge in [0, 0.05) is 6.42 Å². The fourth-order valence-corrected chi connectivity index (χ4v) is 3.28. The fourth-order valence-electron chi connectivity index (χ4n) is 2.52. The molecule has 1 heterocycles. The Labute approximate surface area is 166 Å². The van der Waals surface area contributed by atoms with Crippen LogP contribution in [0.3, 0.4) is 0 Å². The highest BCUT2D eigenvalue weighted by Gasteiger charge is 2.31. The van der Waals surface area contributed by atoms with Crippen molar-refractivity contribution in [3.8, 4) is 17.4 Å². The van der Waals surface area contributed by atoms with Gasteiger partial charge in [-0.25, -0.2) is 0 Å². The molecule has 1 atom stereocenters. The predicted molar refractivity (Wildman–Crippen MR) is 99.4 cm³/mol. The number of aromatic amines is 1. The van der Waals surface area contributed by atoms with Crippen LogP contribution in [0.5, 0.6) is 17.4 Å². The zero-order valence-electron chi connectivity index (χ0n) is 14.8. The molecule has 0 saturated heterocycles. The average Bonchev–Trinajstić information content (AvgIpc) is 2.97. The van der Waals surface area contributed by atoms with Gasteiger partial charge in [-0.2, -0.15) is 0 Å². The predicted octanol–water partition coefficient (Wildman–Crippen LogP) is 3.74. The number of H-pyrrole nitrogens is 1. The van der Waals surface area contributed by atoms with Crippen LogP contribution in [0.1, 0.15) is 22.1 Å². The van der Waals surface area contributed by atoms with Gasteiger partial charge in [0.2, 0.25) is 5.88 Å². The van der Waals surface area contributed by atoms with E-state index in [4.69, 9.17) is 4.74 Å². The summed E-state index contributed by atoms with van der Waals surface area (Å²) in [4.78, 5) is 13.7. The normalized spacial score (nSPS) is 12.6. The quantitative estimate of drug-likeness (QED) is 0.534. The Bertz CT molecular complexity index is 996. The Balaban J connectivity index is 1.54. The van der Waals surface area contributed by atoms with Gasteiger partial charge < -0.3 is 19.7 Å². The highest BCUT2D eigenvalue weighted by atomic mass is 32.1.